The van der Waals surface area contributed by atoms with E-state index in [0.29, 0.717) is 35.2 Å². The van der Waals surface area contributed by atoms with Crippen molar-refractivity contribution in [1.29, 1.82) is 0 Å². The van der Waals surface area contributed by atoms with E-state index in [0.717, 1.165) is 16.7 Å². The van der Waals surface area contributed by atoms with E-state index < -0.39 is 0 Å². The molecule has 0 saturated heterocycles. The van der Waals surface area contributed by atoms with Gasteiger partial charge in [-0.3, -0.25) is 9.36 Å². The maximum atomic E-state index is 12.8. The van der Waals surface area contributed by atoms with Gasteiger partial charge in [-0.15, -0.1) is 11.3 Å². The van der Waals surface area contributed by atoms with Gasteiger partial charge in [0.25, 0.3) is 5.91 Å². The molecule has 33 heavy (non-hydrogen) atoms. The summed E-state index contributed by atoms with van der Waals surface area (Å²) in [7, 11) is 1.54. The van der Waals surface area contributed by atoms with E-state index in [9.17, 15) is 4.79 Å². The molecule has 1 amide bonds. The number of nitrogens with zero attached hydrogens (tertiary/aromatic N) is 4. The average molecular weight is 458 g/mol. The van der Waals surface area contributed by atoms with Crippen LogP contribution in [0.4, 0.5) is 5.69 Å². The van der Waals surface area contributed by atoms with Crippen LogP contribution in [0, 0.1) is 0 Å². The molecule has 5 aromatic rings. The lowest BCUT2D eigenvalue weighted by atomic mass is 10.2. The van der Waals surface area contributed by atoms with Crippen molar-refractivity contribution >= 4 is 34.0 Å². The number of carbonyl (C=O) groups is 1. The Hall–Kier alpha value is -4.24. The highest BCUT2D eigenvalue weighted by molar-refractivity contribution is 7.07. The van der Waals surface area contributed by atoms with Gasteiger partial charge in [0.2, 0.25) is 0 Å². The smallest absolute Gasteiger partial charge is 0.255 e. The first-order valence-corrected chi connectivity index (χ1v) is 11.0. The van der Waals surface area contributed by atoms with Crippen LogP contribution in [0.25, 0.3) is 16.9 Å². The number of anilines is 1. The Morgan fingerprint density at radius 1 is 1.06 bits per heavy atom. The largest absolute Gasteiger partial charge is 0.493 e. The summed E-state index contributed by atoms with van der Waals surface area (Å²) >= 11 is 1.51. The molecular weight excluding hydrogens is 438 g/mol. The number of para-hydroxylation sites is 2. The lowest BCUT2D eigenvalue weighted by Crippen LogP contribution is -2.12. The molecule has 3 aromatic heterocycles. The Bertz CT molecular complexity index is 1400. The number of imidazole rings is 1. The van der Waals surface area contributed by atoms with E-state index in [2.05, 4.69) is 20.3 Å². The van der Waals surface area contributed by atoms with E-state index in [-0.39, 0.29) is 5.91 Å². The second-order valence-electron chi connectivity index (χ2n) is 7.10. The summed E-state index contributed by atoms with van der Waals surface area (Å²) < 4.78 is 13.1. The number of carbonyl (C=O) groups excluding carboxylic acids is 1. The summed E-state index contributed by atoms with van der Waals surface area (Å²) in [5.74, 6) is 1.45. The number of hydrogen-bond donors (Lipinski definition) is 1. The molecule has 0 radical (unpaired) electrons. The minimum atomic E-state index is -0.276. The lowest BCUT2D eigenvalue weighted by molar-refractivity contribution is 0.102. The molecule has 1 N–H and O–H groups in total. The molecule has 0 atom stereocenters. The van der Waals surface area contributed by atoms with Gasteiger partial charge in [0.05, 0.1) is 41.2 Å². The third-order valence-corrected chi connectivity index (χ3v) is 5.63. The highest BCUT2D eigenvalue weighted by Gasteiger charge is 2.13. The normalized spacial score (nSPS) is 10.8. The third-order valence-electron chi connectivity index (χ3n) is 4.99. The first-order valence-electron chi connectivity index (χ1n) is 10.1. The van der Waals surface area contributed by atoms with Crippen LogP contribution in [0.1, 0.15) is 16.1 Å². The molecule has 2 aromatic carbocycles. The molecule has 0 aliphatic rings. The number of hydrogen-bond acceptors (Lipinski definition) is 7. The standard InChI is InChI=1S/C24H19N5O3S/c1-31-22-10-16(6-8-21(22)32-12-18-13-33-15-27-18)24(30)28-17-7-9-23(25-11-17)29-14-26-19-4-2-3-5-20(19)29/h2-11,13-15H,12H2,1H3,(H,28,30). The molecule has 164 valence electrons. The fraction of sp³-hybridized carbons (Fsp3) is 0.0833. The van der Waals surface area contributed by atoms with Crippen LogP contribution in [-0.2, 0) is 6.61 Å². The highest BCUT2D eigenvalue weighted by atomic mass is 32.1. The fourth-order valence-electron chi connectivity index (χ4n) is 3.34. The van der Waals surface area contributed by atoms with Gasteiger partial charge in [0.15, 0.2) is 11.5 Å². The minimum Gasteiger partial charge on any atom is -0.493 e. The first-order chi connectivity index (χ1) is 16.2. The van der Waals surface area contributed by atoms with E-state index in [1.165, 1.54) is 18.4 Å². The number of fused-ring (bicyclic) bond motifs is 1. The van der Waals surface area contributed by atoms with Crippen molar-refractivity contribution in [3.05, 3.63) is 89.3 Å². The number of pyridine rings is 1. The minimum absolute atomic E-state index is 0.276. The van der Waals surface area contributed by atoms with Gasteiger partial charge in [-0.25, -0.2) is 15.0 Å². The molecule has 0 bridgehead atoms. The summed E-state index contributed by atoms with van der Waals surface area (Å²) in [4.78, 5) is 25.8. The number of amides is 1. The van der Waals surface area contributed by atoms with Crippen molar-refractivity contribution in [1.82, 2.24) is 19.5 Å². The number of aromatic nitrogens is 4. The molecule has 0 aliphatic carbocycles. The number of ether oxygens (including phenoxy) is 2. The van der Waals surface area contributed by atoms with E-state index in [4.69, 9.17) is 9.47 Å². The van der Waals surface area contributed by atoms with E-state index in [1.54, 1.807) is 42.3 Å². The molecule has 0 fully saturated rings. The second-order valence-corrected chi connectivity index (χ2v) is 7.82. The molecule has 0 unspecified atom stereocenters. The number of thiazole rings is 1. The van der Waals surface area contributed by atoms with Crippen molar-refractivity contribution < 1.29 is 14.3 Å². The van der Waals surface area contributed by atoms with Crippen molar-refractivity contribution in [2.24, 2.45) is 0 Å². The molecule has 3 heterocycles. The van der Waals surface area contributed by atoms with Crippen LogP contribution in [0.3, 0.4) is 0 Å². The Morgan fingerprint density at radius 2 is 1.97 bits per heavy atom. The SMILES string of the molecule is COc1cc(C(=O)Nc2ccc(-n3cnc4ccccc43)nc2)ccc1OCc1cscn1. The van der Waals surface area contributed by atoms with Crippen molar-refractivity contribution in [2.75, 3.05) is 12.4 Å². The van der Waals surface area contributed by atoms with Gasteiger partial charge in [-0.05, 0) is 42.5 Å². The molecule has 8 nitrogen and oxygen atoms in total. The molecule has 0 spiro atoms. The Labute approximate surface area is 193 Å². The Kier molecular flexibility index (Phi) is 5.69. The Balaban J connectivity index is 1.29. The number of methoxy groups -OCH3 is 1. The quantitative estimate of drug-likeness (QED) is 0.380. The molecule has 9 heteroatoms. The average Bonchev–Trinajstić information content (AvgIpc) is 3.53. The van der Waals surface area contributed by atoms with Crippen molar-refractivity contribution in [2.45, 2.75) is 6.61 Å². The number of rotatable bonds is 7. The van der Waals surface area contributed by atoms with E-state index in [1.807, 2.05) is 40.3 Å². The molecule has 0 saturated carbocycles. The van der Waals surface area contributed by atoms with Gasteiger partial charge in [0.1, 0.15) is 18.8 Å². The van der Waals surface area contributed by atoms with Crippen molar-refractivity contribution in [3.63, 3.8) is 0 Å². The topological polar surface area (TPSA) is 91.2 Å². The first kappa shape index (κ1) is 20.7. The van der Waals surface area contributed by atoms with Crippen LogP contribution in [-0.4, -0.2) is 32.5 Å². The fourth-order valence-corrected chi connectivity index (χ4v) is 3.88. The summed E-state index contributed by atoms with van der Waals surface area (Å²) in [6.07, 6.45) is 3.35. The monoisotopic (exact) mass is 457 g/mol. The summed E-state index contributed by atoms with van der Waals surface area (Å²) in [6, 6.07) is 16.5. The van der Waals surface area contributed by atoms with Crippen LogP contribution in [0.2, 0.25) is 0 Å². The zero-order valence-corrected chi connectivity index (χ0v) is 18.5. The predicted molar refractivity (Wildman–Crippen MR) is 126 cm³/mol. The van der Waals surface area contributed by atoms with E-state index >= 15 is 0 Å². The maximum Gasteiger partial charge on any atom is 0.255 e. The summed E-state index contributed by atoms with van der Waals surface area (Å²) in [5.41, 5.74) is 5.47. The number of nitrogens with one attached hydrogen (secondary N) is 1. The zero-order valence-electron chi connectivity index (χ0n) is 17.6. The van der Waals surface area contributed by atoms with Crippen LogP contribution >= 0.6 is 11.3 Å². The van der Waals surface area contributed by atoms with Gasteiger partial charge in [-0.2, -0.15) is 0 Å². The summed E-state index contributed by atoms with van der Waals surface area (Å²) in [5, 5.41) is 4.78. The van der Waals surface area contributed by atoms with Crippen LogP contribution < -0.4 is 14.8 Å². The van der Waals surface area contributed by atoms with Crippen LogP contribution in [0.5, 0.6) is 11.5 Å². The zero-order chi connectivity index (χ0) is 22.6. The van der Waals surface area contributed by atoms with Crippen molar-refractivity contribution in [3.8, 4) is 17.3 Å². The molecule has 0 aliphatic heterocycles. The van der Waals surface area contributed by atoms with Gasteiger partial charge >= 0.3 is 0 Å². The summed E-state index contributed by atoms with van der Waals surface area (Å²) in [6.45, 7) is 0.329. The lowest BCUT2D eigenvalue weighted by Gasteiger charge is -2.12. The number of benzene rings is 2. The maximum absolute atomic E-state index is 12.8. The van der Waals surface area contributed by atoms with Crippen LogP contribution in [0.15, 0.2) is 78.0 Å². The van der Waals surface area contributed by atoms with Gasteiger partial charge in [0, 0.05) is 10.9 Å². The molecular formula is C24H19N5O3S. The molecule has 5 rings (SSSR count). The highest BCUT2D eigenvalue weighted by Crippen LogP contribution is 2.29. The van der Waals surface area contributed by atoms with Gasteiger partial charge < -0.3 is 14.8 Å². The second kappa shape index (κ2) is 9.09. The Morgan fingerprint density at radius 3 is 2.76 bits per heavy atom. The van der Waals surface area contributed by atoms with Gasteiger partial charge in [-0.1, -0.05) is 12.1 Å². The predicted octanol–water partition coefficient (Wildman–Crippen LogP) is 4.72. The third kappa shape index (κ3) is 4.39.